The first-order valence-corrected chi connectivity index (χ1v) is 8.29. The quantitative estimate of drug-likeness (QED) is 0.530. The van der Waals surface area contributed by atoms with Crippen molar-refractivity contribution in [2.24, 2.45) is 0 Å². The van der Waals surface area contributed by atoms with Crippen LogP contribution in [0.3, 0.4) is 0 Å². The Balaban J connectivity index is 2.18. The summed E-state index contributed by atoms with van der Waals surface area (Å²) in [6, 6.07) is 6.91. The average molecular weight is 331 g/mol. The molecule has 1 aliphatic carbocycles. The van der Waals surface area contributed by atoms with Crippen LogP contribution in [0, 0.1) is 0 Å². The molecule has 0 unspecified atom stereocenters. The lowest BCUT2D eigenvalue weighted by atomic mass is 10.1. The van der Waals surface area contributed by atoms with E-state index in [1.165, 1.54) is 49.8 Å². The van der Waals surface area contributed by atoms with Crippen LogP contribution in [0.1, 0.15) is 44.1 Å². The molecule has 1 aliphatic rings. The van der Waals surface area contributed by atoms with Crippen molar-refractivity contribution in [3.8, 4) is 0 Å². The van der Waals surface area contributed by atoms with Crippen molar-refractivity contribution < 1.29 is 0 Å². The van der Waals surface area contributed by atoms with Crippen molar-refractivity contribution >= 4 is 33.2 Å². The van der Waals surface area contributed by atoms with Gasteiger partial charge in [-0.2, -0.15) is 0 Å². The van der Waals surface area contributed by atoms with Crippen molar-refractivity contribution in [1.82, 2.24) is 0 Å². The molecule has 2 rings (SSSR count). The molecule has 0 radical (unpaired) electrons. The number of alkyl halides is 1. The second kappa shape index (κ2) is 6.81. The van der Waals surface area contributed by atoms with Crippen molar-refractivity contribution in [2.45, 2.75) is 49.9 Å². The maximum atomic E-state index is 6.07. The highest BCUT2D eigenvalue weighted by Gasteiger charge is 2.19. The zero-order valence-electron chi connectivity index (χ0n) is 11.0. The molecule has 1 aromatic rings. The van der Waals surface area contributed by atoms with E-state index in [0.29, 0.717) is 6.04 Å². The molecule has 0 aliphatic heterocycles. The largest absolute Gasteiger partial charge is 0.371 e. The molecule has 18 heavy (non-hydrogen) atoms. The predicted octanol–water partition coefficient (Wildman–Crippen LogP) is 5.39. The topological polar surface area (TPSA) is 3.24 Å². The predicted molar refractivity (Wildman–Crippen MR) is 84.0 cm³/mol. The van der Waals surface area contributed by atoms with Crippen molar-refractivity contribution in [1.29, 1.82) is 0 Å². The molecule has 1 saturated carbocycles. The lowest BCUT2D eigenvalue weighted by Crippen LogP contribution is -2.31. The Labute approximate surface area is 124 Å². The van der Waals surface area contributed by atoms with E-state index in [2.05, 4.69) is 40.0 Å². The summed E-state index contributed by atoms with van der Waals surface area (Å²) in [5, 5.41) is 1.68. The summed E-state index contributed by atoms with van der Waals surface area (Å²) in [6.45, 7) is 0. The Bertz CT molecular complexity index is 386. The van der Waals surface area contributed by atoms with E-state index < -0.39 is 0 Å². The van der Waals surface area contributed by atoms with Crippen LogP contribution in [0.4, 0.5) is 5.69 Å². The first-order chi connectivity index (χ1) is 8.72. The van der Waals surface area contributed by atoms with Gasteiger partial charge in [0.15, 0.2) is 0 Å². The monoisotopic (exact) mass is 329 g/mol. The third-order valence-corrected chi connectivity index (χ3v) is 4.78. The van der Waals surface area contributed by atoms with Gasteiger partial charge < -0.3 is 4.90 Å². The number of anilines is 1. The second-order valence-corrected chi connectivity index (χ2v) is 6.16. The molecular weight excluding hydrogens is 310 g/mol. The van der Waals surface area contributed by atoms with E-state index in [4.69, 9.17) is 11.6 Å². The third-order valence-electron chi connectivity index (χ3n) is 3.94. The summed E-state index contributed by atoms with van der Waals surface area (Å²) in [7, 11) is 2.23. The molecule has 100 valence electrons. The van der Waals surface area contributed by atoms with Gasteiger partial charge in [-0.25, -0.2) is 0 Å². The number of nitrogens with zero attached hydrogens (tertiary/aromatic N) is 1. The molecule has 0 aromatic heterocycles. The van der Waals surface area contributed by atoms with Gasteiger partial charge in [0, 0.05) is 29.1 Å². The molecule has 3 heteroatoms. The first-order valence-electron chi connectivity index (χ1n) is 6.79. The van der Waals surface area contributed by atoms with E-state index in [9.17, 15) is 0 Å². The normalized spacial score (nSPS) is 17.5. The Morgan fingerprint density at radius 2 is 1.89 bits per heavy atom. The van der Waals surface area contributed by atoms with Gasteiger partial charge >= 0.3 is 0 Å². The third kappa shape index (κ3) is 3.42. The minimum absolute atomic E-state index is 0.687. The molecule has 0 spiro atoms. The van der Waals surface area contributed by atoms with Crippen LogP contribution in [-0.2, 0) is 5.33 Å². The van der Waals surface area contributed by atoms with Crippen LogP contribution in [0.2, 0.25) is 5.02 Å². The Kier molecular flexibility index (Phi) is 5.38. The molecule has 1 aromatic carbocycles. The highest BCUT2D eigenvalue weighted by molar-refractivity contribution is 9.08. The summed E-state index contributed by atoms with van der Waals surface area (Å²) in [4.78, 5) is 2.46. The number of halogens is 2. The Hall–Kier alpha value is -0.210. The lowest BCUT2D eigenvalue weighted by Gasteiger charge is -2.31. The number of hydrogen-bond acceptors (Lipinski definition) is 1. The van der Waals surface area contributed by atoms with Gasteiger partial charge in [0.05, 0.1) is 0 Å². The van der Waals surface area contributed by atoms with E-state index >= 15 is 0 Å². The molecule has 0 amide bonds. The summed E-state index contributed by atoms with van der Waals surface area (Å²) in [5.41, 5.74) is 2.61. The van der Waals surface area contributed by atoms with Crippen LogP contribution >= 0.6 is 27.5 Å². The van der Waals surface area contributed by atoms with E-state index in [0.717, 1.165) is 10.4 Å². The second-order valence-electron chi connectivity index (χ2n) is 5.16. The fourth-order valence-corrected chi connectivity index (χ4v) is 3.49. The van der Waals surface area contributed by atoms with Gasteiger partial charge in [-0.15, -0.1) is 0 Å². The van der Waals surface area contributed by atoms with Crippen molar-refractivity contribution in [3.63, 3.8) is 0 Å². The molecule has 0 N–H and O–H groups in total. The lowest BCUT2D eigenvalue weighted by molar-refractivity contribution is 0.552. The standard InChI is InChI=1S/C15H21BrClN/c1-18(14-6-4-2-3-5-7-14)15-9-8-13(17)10-12(15)11-16/h8-10,14H,2-7,11H2,1H3. The van der Waals surface area contributed by atoms with Crippen LogP contribution in [0.25, 0.3) is 0 Å². The molecule has 1 nitrogen and oxygen atoms in total. The molecule has 0 heterocycles. The van der Waals surface area contributed by atoms with E-state index in [1.54, 1.807) is 0 Å². The van der Waals surface area contributed by atoms with Crippen molar-refractivity contribution in [2.75, 3.05) is 11.9 Å². The highest BCUT2D eigenvalue weighted by atomic mass is 79.9. The fourth-order valence-electron chi connectivity index (χ4n) is 2.85. The van der Waals surface area contributed by atoms with Gasteiger partial charge in [-0.3, -0.25) is 0 Å². The van der Waals surface area contributed by atoms with Crippen molar-refractivity contribution in [3.05, 3.63) is 28.8 Å². The van der Waals surface area contributed by atoms with E-state index in [1.807, 2.05) is 6.07 Å². The zero-order valence-corrected chi connectivity index (χ0v) is 13.3. The first kappa shape index (κ1) is 14.2. The van der Waals surface area contributed by atoms with Gasteiger partial charge in [0.25, 0.3) is 0 Å². The van der Waals surface area contributed by atoms with E-state index in [-0.39, 0.29) is 0 Å². The number of hydrogen-bond donors (Lipinski definition) is 0. The zero-order chi connectivity index (χ0) is 13.0. The minimum atomic E-state index is 0.687. The highest BCUT2D eigenvalue weighted by Crippen LogP contribution is 2.30. The van der Waals surface area contributed by atoms with Crippen LogP contribution in [-0.4, -0.2) is 13.1 Å². The summed E-state index contributed by atoms with van der Waals surface area (Å²) in [5.74, 6) is 0. The van der Waals surface area contributed by atoms with Crippen LogP contribution < -0.4 is 4.90 Å². The van der Waals surface area contributed by atoms with Gasteiger partial charge in [0.1, 0.15) is 0 Å². The van der Waals surface area contributed by atoms with Gasteiger partial charge in [0.2, 0.25) is 0 Å². The summed E-state index contributed by atoms with van der Waals surface area (Å²) < 4.78 is 0. The van der Waals surface area contributed by atoms with Gasteiger partial charge in [-0.05, 0) is 36.6 Å². The average Bonchev–Trinajstić information content (AvgIpc) is 2.66. The number of benzene rings is 1. The van der Waals surface area contributed by atoms with Gasteiger partial charge in [-0.1, -0.05) is 53.2 Å². The smallest absolute Gasteiger partial charge is 0.0410 e. The summed E-state index contributed by atoms with van der Waals surface area (Å²) in [6.07, 6.45) is 8.17. The fraction of sp³-hybridized carbons (Fsp3) is 0.600. The van der Waals surface area contributed by atoms with Crippen LogP contribution in [0.5, 0.6) is 0 Å². The molecule has 0 bridgehead atoms. The molecule has 0 saturated heterocycles. The molecule has 1 fully saturated rings. The molecular formula is C15H21BrClN. The Morgan fingerprint density at radius 3 is 2.50 bits per heavy atom. The Morgan fingerprint density at radius 1 is 1.22 bits per heavy atom. The summed E-state index contributed by atoms with van der Waals surface area (Å²) >= 11 is 9.64. The maximum absolute atomic E-state index is 6.07. The minimum Gasteiger partial charge on any atom is -0.371 e. The SMILES string of the molecule is CN(c1ccc(Cl)cc1CBr)C1CCCCCC1. The molecule has 0 atom stereocenters. The number of rotatable bonds is 3. The maximum Gasteiger partial charge on any atom is 0.0410 e. The van der Waals surface area contributed by atoms with Crippen LogP contribution in [0.15, 0.2) is 18.2 Å².